The van der Waals surface area contributed by atoms with Crippen molar-refractivity contribution in [3.63, 3.8) is 0 Å². The quantitative estimate of drug-likeness (QED) is 0.717. The summed E-state index contributed by atoms with van der Waals surface area (Å²) in [5, 5.41) is 9.55. The molecule has 0 spiro atoms. The minimum Gasteiger partial charge on any atom is -0.388 e. The van der Waals surface area contributed by atoms with Crippen molar-refractivity contribution in [2.45, 2.75) is 44.6 Å². The van der Waals surface area contributed by atoms with Crippen LogP contribution in [0.5, 0.6) is 0 Å². The van der Waals surface area contributed by atoms with Gasteiger partial charge < -0.3 is 10.8 Å². The minimum absolute atomic E-state index is 0.350. The Morgan fingerprint density at radius 1 is 1.12 bits per heavy atom. The van der Waals surface area contributed by atoms with Gasteiger partial charge in [0.05, 0.1) is 6.10 Å². The van der Waals surface area contributed by atoms with Crippen LogP contribution < -0.4 is 5.73 Å². The molecule has 3 N–H and O–H groups in total. The van der Waals surface area contributed by atoms with E-state index in [-0.39, 0.29) is 0 Å². The summed E-state index contributed by atoms with van der Waals surface area (Å²) in [6.07, 6.45) is 12.4. The molecule has 0 aromatic carbocycles. The smallest absolute Gasteiger partial charge is 0.0843 e. The Balaban J connectivity index is 1.76. The number of allylic oxidation sites excluding steroid dienone is 1. The maximum absolute atomic E-state index is 9.55. The first-order chi connectivity index (χ1) is 7.69. The van der Waals surface area contributed by atoms with Gasteiger partial charge in [-0.05, 0) is 61.7 Å². The first-order valence-electron chi connectivity index (χ1n) is 6.76. The van der Waals surface area contributed by atoms with Gasteiger partial charge in [0.25, 0.3) is 0 Å². The number of nitrogens with two attached hydrogens (primary N) is 1. The van der Waals surface area contributed by atoms with Crippen molar-refractivity contribution >= 4 is 0 Å². The van der Waals surface area contributed by atoms with Gasteiger partial charge in [0.1, 0.15) is 0 Å². The first-order valence-corrected chi connectivity index (χ1v) is 6.76. The Labute approximate surface area is 97.9 Å². The summed E-state index contributed by atoms with van der Waals surface area (Å²) in [6, 6.07) is 0. The molecule has 0 heterocycles. The van der Waals surface area contributed by atoms with Crippen LogP contribution in [0.3, 0.4) is 0 Å². The fourth-order valence-electron chi connectivity index (χ4n) is 4.78. The molecule has 90 valence electrons. The van der Waals surface area contributed by atoms with Crippen LogP contribution in [0.1, 0.15) is 38.5 Å². The lowest BCUT2D eigenvalue weighted by atomic mass is 9.49. The summed E-state index contributed by atoms with van der Waals surface area (Å²) in [5.41, 5.74) is 5.88. The molecule has 4 aliphatic rings. The highest BCUT2D eigenvalue weighted by Crippen LogP contribution is 2.60. The SMILES string of the molecule is NCC(O)/C=C/C12CC3CC(CC(C3)C1)C2. The van der Waals surface area contributed by atoms with Crippen molar-refractivity contribution < 1.29 is 5.11 Å². The van der Waals surface area contributed by atoms with Crippen molar-refractivity contribution in [2.75, 3.05) is 6.54 Å². The molecule has 0 radical (unpaired) electrons. The van der Waals surface area contributed by atoms with Gasteiger partial charge in [-0.3, -0.25) is 0 Å². The lowest BCUT2D eigenvalue weighted by Crippen LogP contribution is -2.45. The van der Waals surface area contributed by atoms with E-state index in [2.05, 4.69) is 6.08 Å². The second-order valence-electron chi connectivity index (χ2n) is 6.44. The lowest BCUT2D eigenvalue weighted by Gasteiger charge is -2.56. The molecule has 4 fully saturated rings. The standard InChI is InChI=1S/C14H23NO/c15-9-13(16)1-2-14-6-10-3-11(7-14)5-12(4-10)8-14/h1-2,10-13,16H,3-9,15H2/b2-1+. The Bertz CT molecular complexity index is 262. The van der Waals surface area contributed by atoms with E-state index in [1.165, 1.54) is 38.5 Å². The van der Waals surface area contributed by atoms with E-state index < -0.39 is 6.10 Å². The second-order valence-corrected chi connectivity index (χ2v) is 6.44. The molecule has 2 nitrogen and oxygen atoms in total. The van der Waals surface area contributed by atoms with E-state index in [1.54, 1.807) is 0 Å². The van der Waals surface area contributed by atoms with Crippen LogP contribution in [0.4, 0.5) is 0 Å². The maximum Gasteiger partial charge on any atom is 0.0843 e. The molecule has 0 aromatic rings. The van der Waals surface area contributed by atoms with Crippen LogP contribution in [-0.4, -0.2) is 17.8 Å². The summed E-state index contributed by atoms with van der Waals surface area (Å²) >= 11 is 0. The van der Waals surface area contributed by atoms with Crippen LogP contribution in [0.2, 0.25) is 0 Å². The molecule has 0 amide bonds. The van der Waals surface area contributed by atoms with Crippen molar-refractivity contribution in [1.29, 1.82) is 0 Å². The molecule has 4 aliphatic carbocycles. The number of hydrogen-bond acceptors (Lipinski definition) is 2. The van der Waals surface area contributed by atoms with E-state index in [1.807, 2.05) is 6.08 Å². The van der Waals surface area contributed by atoms with E-state index in [0.717, 1.165) is 17.8 Å². The average Bonchev–Trinajstić information content (AvgIpc) is 2.24. The Hall–Kier alpha value is -0.340. The van der Waals surface area contributed by atoms with Gasteiger partial charge in [0, 0.05) is 6.54 Å². The van der Waals surface area contributed by atoms with Gasteiger partial charge in [0.15, 0.2) is 0 Å². The van der Waals surface area contributed by atoms with Crippen molar-refractivity contribution in [1.82, 2.24) is 0 Å². The Morgan fingerprint density at radius 2 is 1.62 bits per heavy atom. The van der Waals surface area contributed by atoms with E-state index in [0.29, 0.717) is 12.0 Å². The predicted molar refractivity (Wildman–Crippen MR) is 64.8 cm³/mol. The number of hydrogen-bond donors (Lipinski definition) is 2. The normalized spacial score (nSPS) is 47.8. The summed E-state index contributed by atoms with van der Waals surface area (Å²) in [6.45, 7) is 0.350. The van der Waals surface area contributed by atoms with Gasteiger partial charge in [-0.25, -0.2) is 0 Å². The summed E-state index contributed by atoms with van der Waals surface area (Å²) in [7, 11) is 0. The largest absolute Gasteiger partial charge is 0.388 e. The number of aliphatic hydroxyl groups excluding tert-OH is 1. The third-order valence-electron chi connectivity index (χ3n) is 5.00. The van der Waals surface area contributed by atoms with Crippen LogP contribution in [0.25, 0.3) is 0 Å². The summed E-state index contributed by atoms with van der Waals surface area (Å²) in [5.74, 6) is 2.93. The molecule has 2 heteroatoms. The predicted octanol–water partition coefficient (Wildman–Crippen LogP) is 2.08. The van der Waals surface area contributed by atoms with Crippen molar-refractivity contribution in [3.8, 4) is 0 Å². The van der Waals surface area contributed by atoms with Crippen LogP contribution in [0.15, 0.2) is 12.2 Å². The highest BCUT2D eigenvalue weighted by molar-refractivity contribution is 5.11. The van der Waals surface area contributed by atoms with E-state index in [9.17, 15) is 5.11 Å². The molecular formula is C14H23NO. The zero-order valence-corrected chi connectivity index (χ0v) is 9.94. The van der Waals surface area contributed by atoms with E-state index >= 15 is 0 Å². The molecule has 4 bridgehead atoms. The molecule has 4 saturated carbocycles. The number of rotatable bonds is 3. The molecule has 1 atom stereocenters. The summed E-state index contributed by atoms with van der Waals surface area (Å²) < 4.78 is 0. The third-order valence-corrected chi connectivity index (χ3v) is 5.00. The lowest BCUT2D eigenvalue weighted by molar-refractivity contribution is -0.0242. The van der Waals surface area contributed by atoms with Crippen LogP contribution >= 0.6 is 0 Å². The molecule has 4 rings (SSSR count). The zero-order valence-electron chi connectivity index (χ0n) is 9.94. The average molecular weight is 221 g/mol. The second kappa shape index (κ2) is 3.85. The van der Waals surface area contributed by atoms with E-state index in [4.69, 9.17) is 5.73 Å². The molecule has 0 aromatic heterocycles. The Kier molecular flexibility index (Phi) is 2.60. The highest BCUT2D eigenvalue weighted by atomic mass is 16.3. The van der Waals surface area contributed by atoms with Gasteiger partial charge in [-0.1, -0.05) is 12.2 Å². The Morgan fingerprint density at radius 3 is 2.06 bits per heavy atom. The van der Waals surface area contributed by atoms with Crippen molar-refractivity contribution in [2.24, 2.45) is 28.9 Å². The van der Waals surface area contributed by atoms with Gasteiger partial charge >= 0.3 is 0 Å². The molecular weight excluding hydrogens is 198 g/mol. The van der Waals surface area contributed by atoms with Crippen LogP contribution in [-0.2, 0) is 0 Å². The maximum atomic E-state index is 9.55. The topological polar surface area (TPSA) is 46.2 Å². The minimum atomic E-state index is -0.437. The van der Waals surface area contributed by atoms with Gasteiger partial charge in [0.2, 0.25) is 0 Å². The zero-order chi connectivity index (χ0) is 11.2. The van der Waals surface area contributed by atoms with Gasteiger partial charge in [-0.15, -0.1) is 0 Å². The number of aliphatic hydroxyl groups is 1. The monoisotopic (exact) mass is 221 g/mol. The fourth-order valence-corrected chi connectivity index (χ4v) is 4.78. The fraction of sp³-hybridized carbons (Fsp3) is 0.857. The molecule has 1 unspecified atom stereocenters. The highest BCUT2D eigenvalue weighted by Gasteiger charge is 2.49. The van der Waals surface area contributed by atoms with Crippen molar-refractivity contribution in [3.05, 3.63) is 12.2 Å². The summed E-state index contributed by atoms with van der Waals surface area (Å²) in [4.78, 5) is 0. The third kappa shape index (κ3) is 1.82. The van der Waals surface area contributed by atoms with Gasteiger partial charge in [-0.2, -0.15) is 0 Å². The first kappa shape index (κ1) is 10.8. The molecule has 16 heavy (non-hydrogen) atoms. The molecule has 0 saturated heterocycles. The molecule has 0 aliphatic heterocycles. The van der Waals surface area contributed by atoms with Crippen LogP contribution in [0, 0.1) is 23.2 Å².